The van der Waals surface area contributed by atoms with Gasteiger partial charge >= 0.3 is 0 Å². The highest BCUT2D eigenvalue weighted by Crippen LogP contribution is 2.22. The van der Waals surface area contributed by atoms with Gasteiger partial charge in [0.1, 0.15) is 0 Å². The van der Waals surface area contributed by atoms with Crippen molar-refractivity contribution in [1.82, 2.24) is 5.32 Å². The first-order chi connectivity index (χ1) is 5.84. The highest BCUT2D eigenvalue weighted by molar-refractivity contribution is 5.78. The number of nitrogens with one attached hydrogen (secondary N) is 1. The Kier molecular flexibility index (Phi) is 4.12. The second kappa shape index (κ2) is 5.18. The average molecular weight is 169 g/mol. The Labute approximate surface area is 74.7 Å². The molecule has 0 aromatic heterocycles. The van der Waals surface area contributed by atoms with E-state index in [-0.39, 0.29) is 5.91 Å². The first-order valence-electron chi connectivity index (χ1n) is 5.12. The van der Waals surface area contributed by atoms with Gasteiger partial charge in [0.05, 0.1) is 0 Å². The van der Waals surface area contributed by atoms with E-state index in [0.29, 0.717) is 5.92 Å². The molecule has 0 aliphatic heterocycles. The number of hydrogen-bond donors (Lipinski definition) is 1. The second-order valence-electron chi connectivity index (χ2n) is 3.58. The minimum atomic E-state index is 0.277. The fourth-order valence-corrected chi connectivity index (χ4v) is 1.86. The van der Waals surface area contributed by atoms with E-state index in [4.69, 9.17) is 0 Å². The Hall–Kier alpha value is -0.530. The number of rotatable bonds is 2. The van der Waals surface area contributed by atoms with Crippen LogP contribution in [0.2, 0.25) is 0 Å². The summed E-state index contributed by atoms with van der Waals surface area (Å²) in [5.41, 5.74) is 0. The van der Waals surface area contributed by atoms with Gasteiger partial charge in [0.25, 0.3) is 0 Å². The predicted octanol–water partition coefficient (Wildman–Crippen LogP) is 2.09. The lowest BCUT2D eigenvalue weighted by atomic mass is 10.00. The summed E-state index contributed by atoms with van der Waals surface area (Å²) in [5, 5.41) is 2.90. The van der Waals surface area contributed by atoms with Crippen molar-refractivity contribution in [2.45, 2.75) is 45.4 Å². The van der Waals surface area contributed by atoms with E-state index in [1.807, 2.05) is 6.92 Å². The maximum atomic E-state index is 11.4. The minimum Gasteiger partial charge on any atom is -0.356 e. The molecule has 0 radical (unpaired) electrons. The Bertz CT molecular complexity index is 137. The summed E-state index contributed by atoms with van der Waals surface area (Å²) in [5.74, 6) is 0.590. The lowest BCUT2D eigenvalue weighted by Crippen LogP contribution is -2.30. The molecule has 0 atom stereocenters. The number of carbonyl (C=O) groups is 1. The van der Waals surface area contributed by atoms with Crippen molar-refractivity contribution in [1.29, 1.82) is 0 Å². The van der Waals surface area contributed by atoms with Crippen LogP contribution in [-0.2, 0) is 4.79 Å². The van der Waals surface area contributed by atoms with Crippen LogP contribution in [0.1, 0.15) is 45.4 Å². The molecule has 1 N–H and O–H groups in total. The zero-order chi connectivity index (χ0) is 8.81. The summed E-state index contributed by atoms with van der Waals surface area (Å²) in [6.45, 7) is 2.75. The molecule has 1 amide bonds. The highest BCUT2D eigenvalue weighted by Gasteiger charge is 2.18. The molecule has 1 rings (SSSR count). The summed E-state index contributed by atoms with van der Waals surface area (Å²) in [4.78, 5) is 11.4. The minimum absolute atomic E-state index is 0.277. The lowest BCUT2D eigenvalue weighted by molar-refractivity contribution is -0.125. The maximum Gasteiger partial charge on any atom is 0.223 e. The Balaban J connectivity index is 2.32. The van der Waals surface area contributed by atoms with E-state index >= 15 is 0 Å². The second-order valence-corrected chi connectivity index (χ2v) is 3.58. The van der Waals surface area contributed by atoms with E-state index in [0.717, 1.165) is 19.4 Å². The maximum absolute atomic E-state index is 11.4. The summed E-state index contributed by atoms with van der Waals surface area (Å²) >= 11 is 0. The van der Waals surface area contributed by atoms with Gasteiger partial charge in [-0.1, -0.05) is 25.7 Å². The zero-order valence-electron chi connectivity index (χ0n) is 7.94. The van der Waals surface area contributed by atoms with Crippen LogP contribution in [0, 0.1) is 5.92 Å². The van der Waals surface area contributed by atoms with Gasteiger partial charge in [-0.05, 0) is 19.8 Å². The fraction of sp³-hybridized carbons (Fsp3) is 0.900. The van der Waals surface area contributed by atoms with Crippen LogP contribution < -0.4 is 5.32 Å². The van der Waals surface area contributed by atoms with Crippen molar-refractivity contribution in [2.75, 3.05) is 6.54 Å². The molecule has 0 saturated heterocycles. The third kappa shape index (κ3) is 2.84. The van der Waals surface area contributed by atoms with E-state index in [9.17, 15) is 4.79 Å². The SMILES string of the molecule is CCNC(=O)C1CCCCCC1. The van der Waals surface area contributed by atoms with E-state index < -0.39 is 0 Å². The molecule has 0 heterocycles. The molecule has 12 heavy (non-hydrogen) atoms. The zero-order valence-corrected chi connectivity index (χ0v) is 7.94. The van der Waals surface area contributed by atoms with E-state index in [1.54, 1.807) is 0 Å². The van der Waals surface area contributed by atoms with Gasteiger partial charge in [-0.2, -0.15) is 0 Å². The predicted molar refractivity (Wildman–Crippen MR) is 49.9 cm³/mol. The summed E-state index contributed by atoms with van der Waals surface area (Å²) in [7, 11) is 0. The Morgan fingerprint density at radius 1 is 1.25 bits per heavy atom. The number of hydrogen-bond acceptors (Lipinski definition) is 1. The average Bonchev–Trinajstić information content (AvgIpc) is 2.32. The molecule has 0 spiro atoms. The molecule has 0 aromatic rings. The molecule has 0 unspecified atom stereocenters. The molecular weight excluding hydrogens is 150 g/mol. The molecule has 0 aromatic carbocycles. The molecule has 1 saturated carbocycles. The molecule has 1 fully saturated rings. The quantitative estimate of drug-likeness (QED) is 0.630. The largest absolute Gasteiger partial charge is 0.356 e. The van der Waals surface area contributed by atoms with Crippen molar-refractivity contribution in [2.24, 2.45) is 5.92 Å². The van der Waals surface area contributed by atoms with Crippen molar-refractivity contribution in [3.8, 4) is 0 Å². The lowest BCUT2D eigenvalue weighted by Gasteiger charge is -2.12. The normalized spacial score (nSPS) is 20.1. The number of amides is 1. The molecule has 2 nitrogen and oxygen atoms in total. The molecule has 0 bridgehead atoms. The molecular formula is C10H19NO. The third-order valence-electron chi connectivity index (χ3n) is 2.58. The van der Waals surface area contributed by atoms with Gasteiger partial charge in [0.15, 0.2) is 0 Å². The van der Waals surface area contributed by atoms with Crippen LogP contribution in [-0.4, -0.2) is 12.5 Å². The smallest absolute Gasteiger partial charge is 0.223 e. The summed E-state index contributed by atoms with van der Waals surface area (Å²) in [6.07, 6.45) is 7.31. The molecule has 70 valence electrons. The van der Waals surface area contributed by atoms with Crippen LogP contribution in [0.25, 0.3) is 0 Å². The van der Waals surface area contributed by atoms with Crippen molar-refractivity contribution < 1.29 is 4.79 Å². The topological polar surface area (TPSA) is 29.1 Å². The Morgan fingerprint density at radius 2 is 1.83 bits per heavy atom. The fourth-order valence-electron chi connectivity index (χ4n) is 1.86. The highest BCUT2D eigenvalue weighted by atomic mass is 16.1. The first kappa shape index (κ1) is 9.56. The van der Waals surface area contributed by atoms with Crippen LogP contribution in [0.15, 0.2) is 0 Å². The monoisotopic (exact) mass is 169 g/mol. The van der Waals surface area contributed by atoms with Gasteiger partial charge < -0.3 is 5.32 Å². The van der Waals surface area contributed by atoms with Crippen molar-refractivity contribution in [3.63, 3.8) is 0 Å². The van der Waals surface area contributed by atoms with Gasteiger partial charge in [-0.3, -0.25) is 4.79 Å². The van der Waals surface area contributed by atoms with Gasteiger partial charge in [0, 0.05) is 12.5 Å². The van der Waals surface area contributed by atoms with Crippen LogP contribution in [0.4, 0.5) is 0 Å². The van der Waals surface area contributed by atoms with E-state index in [1.165, 1.54) is 25.7 Å². The Morgan fingerprint density at radius 3 is 2.33 bits per heavy atom. The summed E-state index contributed by atoms with van der Waals surface area (Å²) in [6, 6.07) is 0. The van der Waals surface area contributed by atoms with Gasteiger partial charge in [0.2, 0.25) is 5.91 Å². The van der Waals surface area contributed by atoms with Crippen LogP contribution in [0.3, 0.4) is 0 Å². The molecule has 1 aliphatic rings. The number of carbonyl (C=O) groups excluding carboxylic acids is 1. The van der Waals surface area contributed by atoms with Crippen LogP contribution in [0.5, 0.6) is 0 Å². The van der Waals surface area contributed by atoms with Crippen molar-refractivity contribution in [3.05, 3.63) is 0 Å². The van der Waals surface area contributed by atoms with Gasteiger partial charge in [-0.25, -0.2) is 0 Å². The van der Waals surface area contributed by atoms with Gasteiger partial charge in [-0.15, -0.1) is 0 Å². The molecule has 2 heteroatoms. The standard InChI is InChI=1S/C10H19NO/c1-2-11-10(12)9-7-5-3-4-6-8-9/h9H,2-8H2,1H3,(H,11,12). The third-order valence-corrected chi connectivity index (χ3v) is 2.58. The van der Waals surface area contributed by atoms with E-state index in [2.05, 4.69) is 5.32 Å². The van der Waals surface area contributed by atoms with Crippen LogP contribution >= 0.6 is 0 Å². The molecule has 1 aliphatic carbocycles. The van der Waals surface area contributed by atoms with Crippen molar-refractivity contribution >= 4 is 5.91 Å². The summed E-state index contributed by atoms with van der Waals surface area (Å²) < 4.78 is 0. The first-order valence-corrected chi connectivity index (χ1v) is 5.12.